The standard InChI is InChI=1S/C14H12N2O5/c17-10-6-9(7-11(18)15-10)13(19)16-12(14(20)21)8-4-2-1-3-5-8/h1-7,12H,(H,16,19)(H,20,21)(H2,15,17,18)/t12-/m0/s1. The fourth-order valence-corrected chi connectivity index (χ4v) is 1.81. The highest BCUT2D eigenvalue weighted by Gasteiger charge is 2.22. The molecule has 2 aromatic rings. The third-order valence-corrected chi connectivity index (χ3v) is 2.75. The highest BCUT2D eigenvalue weighted by Crippen LogP contribution is 2.14. The Morgan fingerprint density at radius 2 is 1.81 bits per heavy atom. The molecule has 108 valence electrons. The first kappa shape index (κ1) is 14.3. The van der Waals surface area contributed by atoms with Gasteiger partial charge in [0.15, 0.2) is 11.9 Å². The smallest absolute Gasteiger partial charge is 0.330 e. The number of aromatic hydroxyl groups is 1. The maximum absolute atomic E-state index is 12.0. The van der Waals surface area contributed by atoms with Gasteiger partial charge in [-0.2, -0.15) is 0 Å². The van der Waals surface area contributed by atoms with Crippen molar-refractivity contribution in [1.29, 1.82) is 0 Å². The maximum atomic E-state index is 12.0. The summed E-state index contributed by atoms with van der Waals surface area (Å²) >= 11 is 0. The van der Waals surface area contributed by atoms with E-state index >= 15 is 0 Å². The highest BCUT2D eigenvalue weighted by atomic mass is 16.4. The monoisotopic (exact) mass is 288 g/mol. The Morgan fingerprint density at radius 1 is 1.14 bits per heavy atom. The van der Waals surface area contributed by atoms with Crippen LogP contribution in [0.15, 0.2) is 47.3 Å². The molecule has 1 heterocycles. The van der Waals surface area contributed by atoms with Crippen LogP contribution in [0.2, 0.25) is 0 Å². The lowest BCUT2D eigenvalue weighted by Crippen LogP contribution is -2.34. The number of carbonyl (C=O) groups is 2. The van der Waals surface area contributed by atoms with E-state index in [1.54, 1.807) is 30.3 Å². The van der Waals surface area contributed by atoms with Crippen LogP contribution in [0, 0.1) is 0 Å². The zero-order chi connectivity index (χ0) is 15.4. The lowest BCUT2D eigenvalue weighted by atomic mass is 10.1. The van der Waals surface area contributed by atoms with Crippen LogP contribution in [0.4, 0.5) is 0 Å². The minimum absolute atomic E-state index is 0.126. The molecule has 0 aliphatic heterocycles. The van der Waals surface area contributed by atoms with Crippen molar-refractivity contribution in [2.75, 3.05) is 0 Å². The van der Waals surface area contributed by atoms with Gasteiger partial charge in [0.1, 0.15) is 0 Å². The molecule has 0 bridgehead atoms. The van der Waals surface area contributed by atoms with Crippen LogP contribution in [0.3, 0.4) is 0 Å². The summed E-state index contributed by atoms with van der Waals surface area (Å²) in [6, 6.07) is 8.91. The number of H-pyrrole nitrogens is 1. The van der Waals surface area contributed by atoms with E-state index in [0.717, 1.165) is 12.1 Å². The fraction of sp³-hybridized carbons (Fsp3) is 0.0714. The second-order valence-corrected chi connectivity index (χ2v) is 4.27. The topological polar surface area (TPSA) is 119 Å². The largest absolute Gasteiger partial charge is 0.494 e. The Balaban J connectivity index is 2.27. The van der Waals surface area contributed by atoms with Gasteiger partial charge < -0.3 is 15.5 Å². The molecule has 2 rings (SSSR count). The molecule has 0 aliphatic rings. The van der Waals surface area contributed by atoms with Crippen molar-refractivity contribution in [1.82, 2.24) is 10.3 Å². The van der Waals surface area contributed by atoms with E-state index < -0.39 is 29.4 Å². The van der Waals surface area contributed by atoms with Gasteiger partial charge in [0, 0.05) is 12.1 Å². The molecule has 0 saturated carbocycles. The summed E-state index contributed by atoms with van der Waals surface area (Å²) in [5.41, 5.74) is -0.391. The Kier molecular flexibility index (Phi) is 4.03. The number of aromatic nitrogens is 1. The minimum atomic E-state index is -1.25. The van der Waals surface area contributed by atoms with Gasteiger partial charge >= 0.3 is 5.97 Å². The van der Waals surface area contributed by atoms with Gasteiger partial charge in [-0.1, -0.05) is 30.3 Å². The fourth-order valence-electron chi connectivity index (χ4n) is 1.81. The molecule has 1 aromatic carbocycles. The molecule has 1 atom stereocenters. The lowest BCUT2D eigenvalue weighted by molar-refractivity contribution is -0.139. The van der Waals surface area contributed by atoms with E-state index in [0.29, 0.717) is 5.56 Å². The number of carboxylic acids is 1. The van der Waals surface area contributed by atoms with Crippen molar-refractivity contribution < 1.29 is 19.8 Å². The van der Waals surface area contributed by atoms with Crippen LogP contribution < -0.4 is 10.9 Å². The summed E-state index contributed by atoms with van der Waals surface area (Å²) in [6.45, 7) is 0. The van der Waals surface area contributed by atoms with Crippen molar-refractivity contribution >= 4 is 11.9 Å². The number of hydrogen-bond donors (Lipinski definition) is 4. The van der Waals surface area contributed by atoms with Gasteiger partial charge in [-0.25, -0.2) is 4.79 Å². The Morgan fingerprint density at radius 3 is 2.38 bits per heavy atom. The number of pyridine rings is 1. The highest BCUT2D eigenvalue weighted by molar-refractivity contribution is 5.96. The van der Waals surface area contributed by atoms with Crippen molar-refractivity contribution in [2.45, 2.75) is 6.04 Å². The van der Waals surface area contributed by atoms with Gasteiger partial charge in [-0.3, -0.25) is 14.6 Å². The summed E-state index contributed by atoms with van der Waals surface area (Å²) in [6.07, 6.45) is 0. The van der Waals surface area contributed by atoms with E-state index in [1.165, 1.54) is 0 Å². The molecule has 21 heavy (non-hydrogen) atoms. The number of nitrogens with one attached hydrogen (secondary N) is 2. The first-order chi connectivity index (χ1) is 9.97. The third-order valence-electron chi connectivity index (χ3n) is 2.75. The molecule has 0 radical (unpaired) electrons. The number of amides is 1. The van der Waals surface area contributed by atoms with Crippen molar-refractivity contribution in [3.8, 4) is 5.88 Å². The quantitative estimate of drug-likeness (QED) is 0.658. The third kappa shape index (κ3) is 3.47. The first-order valence-corrected chi connectivity index (χ1v) is 5.99. The van der Waals surface area contributed by atoms with Crippen LogP contribution in [0.1, 0.15) is 22.0 Å². The van der Waals surface area contributed by atoms with Crippen LogP contribution in [0.25, 0.3) is 0 Å². The molecule has 7 nitrogen and oxygen atoms in total. The summed E-state index contributed by atoms with van der Waals surface area (Å²) in [7, 11) is 0. The number of benzene rings is 1. The zero-order valence-corrected chi connectivity index (χ0v) is 10.7. The Labute approximate surface area is 118 Å². The maximum Gasteiger partial charge on any atom is 0.330 e. The zero-order valence-electron chi connectivity index (χ0n) is 10.7. The van der Waals surface area contributed by atoms with Gasteiger partial charge in [0.2, 0.25) is 0 Å². The predicted octanol–water partition coefficient (Wildman–Crippen LogP) is 0.636. The van der Waals surface area contributed by atoms with Gasteiger partial charge in [0.05, 0.1) is 5.56 Å². The summed E-state index contributed by atoms with van der Waals surface area (Å²) in [5, 5.41) is 20.8. The number of hydrogen-bond acceptors (Lipinski definition) is 4. The summed E-state index contributed by atoms with van der Waals surface area (Å²) in [5.74, 6) is -2.48. The average molecular weight is 288 g/mol. The molecule has 0 unspecified atom stereocenters. The molecule has 0 aliphatic carbocycles. The van der Waals surface area contributed by atoms with Crippen molar-refractivity contribution in [3.63, 3.8) is 0 Å². The molecule has 7 heteroatoms. The van der Waals surface area contributed by atoms with Crippen LogP contribution >= 0.6 is 0 Å². The minimum Gasteiger partial charge on any atom is -0.494 e. The number of rotatable bonds is 4. The van der Waals surface area contributed by atoms with E-state index in [1.807, 2.05) is 0 Å². The van der Waals surface area contributed by atoms with Gasteiger partial charge in [-0.15, -0.1) is 0 Å². The van der Waals surface area contributed by atoms with Crippen LogP contribution in [-0.4, -0.2) is 27.1 Å². The van der Waals surface area contributed by atoms with Crippen molar-refractivity contribution in [2.24, 2.45) is 0 Å². The second-order valence-electron chi connectivity index (χ2n) is 4.27. The molecule has 1 aromatic heterocycles. The number of carboxylic acid groups (broad SMARTS) is 1. The van der Waals surface area contributed by atoms with E-state index in [4.69, 9.17) is 0 Å². The lowest BCUT2D eigenvalue weighted by Gasteiger charge is -2.14. The molecule has 0 saturated heterocycles. The van der Waals surface area contributed by atoms with Gasteiger partial charge in [-0.05, 0) is 5.56 Å². The molecule has 0 fully saturated rings. The van der Waals surface area contributed by atoms with E-state index in [2.05, 4.69) is 10.3 Å². The molecular formula is C14H12N2O5. The molecule has 1 amide bonds. The Bertz CT molecular complexity index is 724. The first-order valence-electron chi connectivity index (χ1n) is 5.99. The molecule has 4 N–H and O–H groups in total. The van der Waals surface area contributed by atoms with Crippen LogP contribution in [0.5, 0.6) is 5.88 Å². The molecule has 0 spiro atoms. The Hall–Kier alpha value is -3.09. The number of aliphatic carboxylic acids is 1. The predicted molar refractivity (Wildman–Crippen MR) is 73.0 cm³/mol. The van der Waals surface area contributed by atoms with E-state index in [9.17, 15) is 24.6 Å². The van der Waals surface area contributed by atoms with E-state index in [-0.39, 0.29) is 5.56 Å². The van der Waals surface area contributed by atoms with Crippen LogP contribution in [-0.2, 0) is 4.79 Å². The SMILES string of the molecule is O=C(N[C@H](C(=O)O)c1ccccc1)c1cc(O)[nH]c(=O)c1. The summed E-state index contributed by atoms with van der Waals surface area (Å²) < 4.78 is 0. The second kappa shape index (κ2) is 5.91. The number of aromatic amines is 1. The van der Waals surface area contributed by atoms with Crippen molar-refractivity contribution in [3.05, 3.63) is 63.9 Å². The summed E-state index contributed by atoms with van der Waals surface area (Å²) in [4.78, 5) is 36.5. The van der Waals surface area contributed by atoms with Gasteiger partial charge in [0.25, 0.3) is 11.5 Å². The normalized spacial score (nSPS) is 11.6. The molecular weight excluding hydrogens is 276 g/mol. The number of carbonyl (C=O) groups excluding carboxylic acids is 1. The average Bonchev–Trinajstić information content (AvgIpc) is 2.44.